The number of hydrogen-bond donors (Lipinski definition) is 0. The molecule has 0 aliphatic carbocycles. The molecule has 0 aromatic carbocycles. The van der Waals surface area contributed by atoms with Gasteiger partial charge >= 0.3 is 7.87 Å². The molecular formula is C24H69N13OP4. The van der Waals surface area contributed by atoms with E-state index in [-0.39, 0.29) is 0 Å². The lowest BCUT2D eigenvalue weighted by Gasteiger charge is -2.44. The summed E-state index contributed by atoms with van der Waals surface area (Å²) in [6.45, 7) is 4.90. The van der Waals surface area contributed by atoms with Crippen LogP contribution in [0.25, 0.3) is 0 Å². The average molecular weight is 680 g/mol. The molecule has 0 saturated heterocycles. The maximum atomic E-state index is 10.1. The minimum Gasteiger partial charge on any atom is -0.850 e. The van der Waals surface area contributed by atoms with Crippen LogP contribution < -0.4 is 5.11 Å². The quantitative estimate of drug-likeness (QED) is 0.262. The van der Waals surface area contributed by atoms with Crippen molar-refractivity contribution in [3.8, 4) is 0 Å². The molecule has 0 aromatic heterocycles. The Balaban J connectivity index is 0. The lowest BCUT2D eigenvalue weighted by atomic mass is 10.2. The van der Waals surface area contributed by atoms with Crippen LogP contribution in [0, 0.1) is 0 Å². The summed E-state index contributed by atoms with van der Waals surface area (Å²) >= 11 is 0. The summed E-state index contributed by atoms with van der Waals surface area (Å²) in [5, 5.41) is 10.1. The van der Waals surface area contributed by atoms with Gasteiger partial charge in [-0.3, -0.25) is 0 Å². The van der Waals surface area contributed by atoms with Crippen molar-refractivity contribution >= 4 is 30.4 Å². The van der Waals surface area contributed by atoms with Crippen molar-refractivity contribution in [2.75, 3.05) is 141 Å². The fraction of sp³-hybridized carbons (Fsp3) is 1.00. The third-order valence-electron chi connectivity index (χ3n) is 6.09. The van der Waals surface area contributed by atoms with Crippen LogP contribution in [0.5, 0.6) is 0 Å². The van der Waals surface area contributed by atoms with E-state index in [0.717, 1.165) is 0 Å². The standard InChI is InChI=1S/C20H60N13P4.C4H9O/c1-24(2)34(21-35(25(3)4,26(5)6)27(7)8,22-36(28(9)10,29(11)12)30(13)14)23-37(31(15)16,32(17)18)33(19)20;1-4(2,3)5/h1-20H3;1-3H3/q+1;-1. The van der Waals surface area contributed by atoms with Gasteiger partial charge in [0, 0.05) is 14.1 Å². The van der Waals surface area contributed by atoms with E-state index in [0.29, 0.717) is 0 Å². The van der Waals surface area contributed by atoms with Gasteiger partial charge in [0.1, 0.15) is 0 Å². The van der Waals surface area contributed by atoms with Gasteiger partial charge in [0.2, 0.25) is 22.5 Å². The van der Waals surface area contributed by atoms with Gasteiger partial charge in [-0.15, -0.1) is 10.3 Å². The Morgan fingerprint density at radius 1 is 0.381 bits per heavy atom. The molecular weight excluding hydrogens is 610 g/mol. The first-order chi connectivity index (χ1) is 18.6. The van der Waals surface area contributed by atoms with Crippen molar-refractivity contribution < 1.29 is 5.11 Å². The van der Waals surface area contributed by atoms with E-state index in [1.165, 1.54) is 0 Å². The largest absolute Gasteiger partial charge is 0.850 e. The van der Waals surface area contributed by atoms with Crippen LogP contribution in [0.4, 0.5) is 0 Å². The van der Waals surface area contributed by atoms with E-state index in [2.05, 4.69) is 188 Å². The fourth-order valence-electron chi connectivity index (χ4n) is 4.72. The van der Waals surface area contributed by atoms with Crippen LogP contribution in [0.15, 0.2) is 13.5 Å². The molecule has 0 atom stereocenters. The predicted molar refractivity (Wildman–Crippen MR) is 192 cm³/mol. The summed E-state index contributed by atoms with van der Waals surface area (Å²) in [6.07, 6.45) is 0. The predicted octanol–water partition coefficient (Wildman–Crippen LogP) is 4.26. The maximum Gasteiger partial charge on any atom is 0.453 e. The second-order valence-electron chi connectivity index (χ2n) is 13.0. The molecule has 0 heterocycles. The topological polar surface area (TPSA) is 92.5 Å². The molecule has 0 amide bonds. The van der Waals surface area contributed by atoms with Crippen LogP contribution in [0.2, 0.25) is 0 Å². The van der Waals surface area contributed by atoms with Gasteiger partial charge in [-0.2, -0.15) is 0 Å². The van der Waals surface area contributed by atoms with Crippen LogP contribution >= 0.6 is 30.4 Å². The van der Waals surface area contributed by atoms with Crippen molar-refractivity contribution in [2.24, 2.45) is 13.5 Å². The zero-order chi connectivity index (χ0) is 34.4. The lowest BCUT2D eigenvalue weighted by molar-refractivity contribution is -0.458. The number of rotatable bonds is 13. The summed E-state index contributed by atoms with van der Waals surface area (Å²) in [6, 6.07) is 0. The zero-order valence-electron chi connectivity index (χ0n) is 31.5. The van der Waals surface area contributed by atoms with Gasteiger partial charge in [-0.1, -0.05) is 20.8 Å². The summed E-state index contributed by atoms with van der Waals surface area (Å²) in [5.41, 5.74) is -0.750. The molecule has 0 aliphatic heterocycles. The molecule has 0 aliphatic rings. The third-order valence-corrected chi connectivity index (χ3v) is 22.6. The molecule has 18 heteroatoms. The molecule has 0 saturated carbocycles. The van der Waals surface area contributed by atoms with Crippen LogP contribution in [-0.2, 0) is 0 Å². The Morgan fingerprint density at radius 2 is 0.500 bits per heavy atom. The van der Waals surface area contributed by atoms with Gasteiger partial charge < -0.3 is 5.11 Å². The second-order valence-corrected chi connectivity index (χ2v) is 27.4. The van der Waals surface area contributed by atoms with E-state index >= 15 is 0 Å². The highest BCUT2D eigenvalue weighted by Gasteiger charge is 2.55. The van der Waals surface area contributed by atoms with Crippen molar-refractivity contribution in [1.29, 1.82) is 0 Å². The van der Waals surface area contributed by atoms with E-state index < -0.39 is 36.0 Å². The Morgan fingerprint density at radius 3 is 0.571 bits per heavy atom. The first-order valence-corrected chi connectivity index (χ1v) is 20.2. The molecule has 0 rings (SSSR count). The van der Waals surface area contributed by atoms with Crippen LogP contribution in [0.1, 0.15) is 20.8 Å². The minimum absolute atomic E-state index is 0.750. The SMILES string of the molecule is CC(C)(C)[O-].CN(C)P(=N[P+](N=P(N(C)C)(N(C)C)N(C)C)(N=P(N(C)C)(N(C)C)N(C)C)N(C)C)(N(C)C)N(C)C. The molecule has 0 bridgehead atoms. The van der Waals surface area contributed by atoms with Crippen molar-refractivity contribution in [3.05, 3.63) is 0 Å². The van der Waals surface area contributed by atoms with E-state index in [9.17, 15) is 5.11 Å². The summed E-state index contributed by atoms with van der Waals surface area (Å²) in [4.78, 5) is 0. The van der Waals surface area contributed by atoms with E-state index in [1.807, 2.05) is 0 Å². The molecule has 0 spiro atoms. The van der Waals surface area contributed by atoms with Crippen molar-refractivity contribution in [1.82, 2.24) is 46.7 Å². The minimum atomic E-state index is -2.94. The first-order valence-electron chi connectivity index (χ1n) is 13.8. The second kappa shape index (κ2) is 17.0. The van der Waals surface area contributed by atoms with Crippen LogP contribution in [0.3, 0.4) is 0 Å². The average Bonchev–Trinajstić information content (AvgIpc) is 2.75. The van der Waals surface area contributed by atoms with Gasteiger partial charge in [-0.05, 0) is 140 Å². The van der Waals surface area contributed by atoms with Crippen molar-refractivity contribution in [2.45, 2.75) is 26.4 Å². The van der Waals surface area contributed by atoms with Crippen molar-refractivity contribution in [3.63, 3.8) is 0 Å². The lowest BCUT2D eigenvalue weighted by Crippen LogP contribution is -2.33. The Kier molecular flexibility index (Phi) is 18.1. The van der Waals surface area contributed by atoms with Gasteiger partial charge in [0.05, 0.1) is 0 Å². The smallest absolute Gasteiger partial charge is 0.453 e. The molecule has 0 N–H and O–H groups in total. The maximum absolute atomic E-state index is 10.1. The number of hydrogen-bond acceptors (Lipinski definition) is 5. The zero-order valence-corrected chi connectivity index (χ0v) is 35.1. The highest BCUT2D eigenvalue weighted by Crippen LogP contribution is 2.83. The van der Waals surface area contributed by atoms with Gasteiger partial charge in [-0.25, -0.2) is 42.0 Å². The molecule has 14 nitrogen and oxygen atoms in total. The molecule has 0 unspecified atom stereocenters. The van der Waals surface area contributed by atoms with E-state index in [1.54, 1.807) is 20.8 Å². The fourth-order valence-corrected chi connectivity index (χ4v) is 24.1. The Hall–Kier alpha value is 0.680. The molecule has 256 valence electrons. The summed E-state index contributed by atoms with van der Waals surface area (Å²) < 4.78 is 40.1. The highest BCUT2D eigenvalue weighted by atomic mass is 31.3. The number of nitrogens with zero attached hydrogens (tertiary/aromatic N) is 13. The molecule has 0 radical (unpaired) electrons. The molecule has 0 fully saturated rings. The normalized spacial score (nSPS) is 14.4. The first kappa shape index (κ1) is 44.8. The van der Waals surface area contributed by atoms with Gasteiger partial charge in [0.25, 0.3) is 0 Å². The van der Waals surface area contributed by atoms with Gasteiger partial charge in [0.15, 0.2) is 0 Å². The summed E-state index contributed by atoms with van der Waals surface area (Å²) in [5.74, 6) is 0. The monoisotopic (exact) mass is 679 g/mol. The third kappa shape index (κ3) is 10.3. The Bertz CT molecular complexity index is 786. The van der Waals surface area contributed by atoms with Crippen LogP contribution in [-0.4, -0.2) is 193 Å². The molecule has 42 heavy (non-hydrogen) atoms. The summed E-state index contributed by atoms with van der Waals surface area (Å²) in [7, 11) is 32.1. The molecule has 0 aromatic rings. The van der Waals surface area contributed by atoms with E-state index in [4.69, 9.17) is 13.5 Å². The Labute approximate surface area is 262 Å². The highest BCUT2D eigenvalue weighted by molar-refractivity contribution is 7.84.